The number of hydrogen-bond acceptors (Lipinski definition) is 4. The van der Waals surface area contributed by atoms with Crippen LogP contribution in [0.4, 0.5) is 0 Å². The Morgan fingerprint density at radius 3 is 2.38 bits per heavy atom. The van der Waals surface area contributed by atoms with Gasteiger partial charge in [0.2, 0.25) is 0 Å². The summed E-state index contributed by atoms with van der Waals surface area (Å²) in [6.07, 6.45) is 0. The van der Waals surface area contributed by atoms with Crippen LogP contribution in [0, 0.1) is 0 Å². The van der Waals surface area contributed by atoms with Crippen LogP contribution in [0.3, 0.4) is 0 Å². The predicted molar refractivity (Wildman–Crippen MR) is 113 cm³/mol. The van der Waals surface area contributed by atoms with Gasteiger partial charge in [-0.15, -0.1) is 0 Å². The van der Waals surface area contributed by atoms with Gasteiger partial charge in [0.05, 0.1) is 17.5 Å². The van der Waals surface area contributed by atoms with Crippen LogP contribution < -0.4 is 5.56 Å². The SMILES string of the molecule is CC(c1cc2ccccc2o1)N(C)C(=O)c1nn(C(C)C)c(=O)c2ccccc12. The summed E-state index contributed by atoms with van der Waals surface area (Å²) in [5.74, 6) is 0.437. The topological polar surface area (TPSA) is 68.3 Å². The maximum absolute atomic E-state index is 13.4. The summed E-state index contributed by atoms with van der Waals surface area (Å²) < 4.78 is 7.31. The second-order valence-electron chi connectivity index (χ2n) is 7.52. The lowest BCUT2D eigenvalue weighted by molar-refractivity contribution is 0.0720. The van der Waals surface area contributed by atoms with Crippen LogP contribution in [0.2, 0.25) is 0 Å². The fourth-order valence-corrected chi connectivity index (χ4v) is 3.46. The van der Waals surface area contributed by atoms with E-state index in [9.17, 15) is 9.59 Å². The fourth-order valence-electron chi connectivity index (χ4n) is 3.46. The van der Waals surface area contributed by atoms with E-state index in [1.807, 2.05) is 57.2 Å². The summed E-state index contributed by atoms with van der Waals surface area (Å²) in [7, 11) is 1.72. The largest absolute Gasteiger partial charge is 0.459 e. The molecule has 4 aromatic rings. The van der Waals surface area contributed by atoms with Crippen LogP contribution in [0.5, 0.6) is 0 Å². The molecule has 0 saturated heterocycles. The lowest BCUT2D eigenvalue weighted by Crippen LogP contribution is -2.34. The van der Waals surface area contributed by atoms with Gasteiger partial charge in [-0.3, -0.25) is 9.59 Å². The average molecular weight is 389 g/mol. The monoisotopic (exact) mass is 389 g/mol. The van der Waals surface area contributed by atoms with Crippen LogP contribution in [-0.2, 0) is 0 Å². The molecule has 6 heteroatoms. The molecule has 0 fully saturated rings. The van der Waals surface area contributed by atoms with Gasteiger partial charge in [-0.2, -0.15) is 5.10 Å². The first-order valence-corrected chi connectivity index (χ1v) is 9.65. The van der Waals surface area contributed by atoms with Crippen molar-refractivity contribution in [1.29, 1.82) is 0 Å². The van der Waals surface area contributed by atoms with Gasteiger partial charge in [0.1, 0.15) is 11.3 Å². The molecule has 0 aliphatic rings. The van der Waals surface area contributed by atoms with Gasteiger partial charge >= 0.3 is 0 Å². The van der Waals surface area contributed by atoms with Gasteiger partial charge in [0.25, 0.3) is 11.5 Å². The van der Waals surface area contributed by atoms with Crippen LogP contribution in [0.25, 0.3) is 21.7 Å². The van der Waals surface area contributed by atoms with Gasteiger partial charge in [0, 0.05) is 17.8 Å². The van der Waals surface area contributed by atoms with Crippen molar-refractivity contribution in [1.82, 2.24) is 14.7 Å². The second kappa shape index (κ2) is 7.20. The van der Waals surface area contributed by atoms with Crippen LogP contribution in [-0.4, -0.2) is 27.6 Å². The molecule has 2 aromatic heterocycles. The van der Waals surface area contributed by atoms with E-state index in [1.54, 1.807) is 30.1 Å². The van der Waals surface area contributed by atoms with E-state index in [-0.39, 0.29) is 29.2 Å². The lowest BCUT2D eigenvalue weighted by Gasteiger charge is -2.24. The number of nitrogens with zero attached hydrogens (tertiary/aromatic N) is 3. The van der Waals surface area contributed by atoms with Crippen molar-refractivity contribution in [3.63, 3.8) is 0 Å². The van der Waals surface area contributed by atoms with Crippen molar-refractivity contribution >= 4 is 27.6 Å². The van der Waals surface area contributed by atoms with Gasteiger partial charge in [0.15, 0.2) is 5.69 Å². The number of amides is 1. The summed E-state index contributed by atoms with van der Waals surface area (Å²) >= 11 is 0. The Hall–Kier alpha value is -3.41. The number of furan rings is 1. The fraction of sp³-hybridized carbons (Fsp3) is 0.261. The molecular weight excluding hydrogens is 366 g/mol. The highest BCUT2D eigenvalue weighted by molar-refractivity contribution is 6.04. The third kappa shape index (κ3) is 3.20. The Morgan fingerprint density at radius 2 is 1.69 bits per heavy atom. The molecule has 148 valence electrons. The maximum Gasteiger partial charge on any atom is 0.275 e. The number of rotatable bonds is 4. The zero-order valence-electron chi connectivity index (χ0n) is 16.9. The Bertz CT molecular complexity index is 1240. The smallest absolute Gasteiger partial charge is 0.275 e. The molecule has 1 unspecified atom stereocenters. The first-order valence-electron chi connectivity index (χ1n) is 9.65. The number of carbonyl (C=O) groups excluding carboxylic acids is 1. The highest BCUT2D eigenvalue weighted by Gasteiger charge is 2.26. The van der Waals surface area contributed by atoms with Gasteiger partial charge < -0.3 is 9.32 Å². The van der Waals surface area contributed by atoms with E-state index in [2.05, 4.69) is 5.10 Å². The summed E-state index contributed by atoms with van der Waals surface area (Å²) in [6, 6.07) is 16.3. The Balaban J connectivity index is 1.78. The minimum absolute atomic E-state index is 0.156. The summed E-state index contributed by atoms with van der Waals surface area (Å²) in [5.41, 5.74) is 0.853. The molecule has 29 heavy (non-hydrogen) atoms. The molecule has 0 aliphatic carbocycles. The van der Waals surface area contributed by atoms with Crippen LogP contribution in [0.1, 0.15) is 49.1 Å². The normalized spacial score (nSPS) is 12.6. The van der Waals surface area contributed by atoms with Gasteiger partial charge in [-0.25, -0.2) is 4.68 Å². The van der Waals surface area contributed by atoms with Crippen molar-refractivity contribution in [2.45, 2.75) is 32.9 Å². The average Bonchev–Trinajstić information content (AvgIpc) is 3.16. The van der Waals surface area contributed by atoms with E-state index in [1.165, 1.54) is 4.68 Å². The number of aromatic nitrogens is 2. The molecule has 1 atom stereocenters. The first-order chi connectivity index (χ1) is 13.9. The van der Waals surface area contributed by atoms with Crippen LogP contribution >= 0.6 is 0 Å². The third-order valence-electron chi connectivity index (χ3n) is 5.28. The molecule has 0 radical (unpaired) electrons. The molecule has 6 nitrogen and oxygen atoms in total. The van der Waals surface area contributed by atoms with Crippen molar-refractivity contribution in [2.75, 3.05) is 7.05 Å². The van der Waals surface area contributed by atoms with E-state index in [4.69, 9.17) is 4.42 Å². The number of carbonyl (C=O) groups is 1. The summed E-state index contributed by atoms with van der Waals surface area (Å²) in [5, 5.41) is 6.46. The Labute approximate surface area is 168 Å². The van der Waals surface area contributed by atoms with E-state index < -0.39 is 0 Å². The standard InChI is InChI=1S/C23H23N3O3/c1-14(2)26-22(27)18-11-7-6-10-17(18)21(24-26)23(28)25(4)15(3)20-13-16-9-5-8-12-19(16)29-20/h5-15H,1-4H3. The predicted octanol–water partition coefficient (Wildman–Crippen LogP) is 4.56. The molecular formula is C23H23N3O3. The van der Waals surface area contributed by atoms with Crippen LogP contribution in [0.15, 0.2) is 63.8 Å². The number of fused-ring (bicyclic) bond motifs is 2. The third-order valence-corrected chi connectivity index (χ3v) is 5.28. The molecule has 0 N–H and O–H groups in total. The highest BCUT2D eigenvalue weighted by Crippen LogP contribution is 2.28. The van der Waals surface area contributed by atoms with Gasteiger partial charge in [-0.05, 0) is 39.0 Å². The molecule has 4 rings (SSSR count). The molecule has 1 amide bonds. The van der Waals surface area contributed by atoms with E-state index in [0.717, 1.165) is 11.0 Å². The molecule has 0 aliphatic heterocycles. The minimum atomic E-state index is -0.296. The molecule has 0 saturated carbocycles. The number of benzene rings is 2. The number of para-hydroxylation sites is 1. The van der Waals surface area contributed by atoms with Gasteiger partial charge in [-0.1, -0.05) is 36.4 Å². The van der Waals surface area contributed by atoms with Crippen molar-refractivity contribution < 1.29 is 9.21 Å². The minimum Gasteiger partial charge on any atom is -0.459 e. The quantitative estimate of drug-likeness (QED) is 0.513. The first kappa shape index (κ1) is 18.9. The second-order valence-corrected chi connectivity index (χ2v) is 7.52. The Morgan fingerprint density at radius 1 is 1.03 bits per heavy atom. The maximum atomic E-state index is 13.4. The zero-order chi connectivity index (χ0) is 20.7. The van der Waals surface area contributed by atoms with E-state index >= 15 is 0 Å². The zero-order valence-corrected chi connectivity index (χ0v) is 16.9. The number of hydrogen-bond donors (Lipinski definition) is 0. The van der Waals surface area contributed by atoms with E-state index in [0.29, 0.717) is 16.5 Å². The Kier molecular flexibility index (Phi) is 4.70. The summed E-state index contributed by atoms with van der Waals surface area (Å²) in [6.45, 7) is 5.66. The molecule has 0 bridgehead atoms. The summed E-state index contributed by atoms with van der Waals surface area (Å²) in [4.78, 5) is 27.7. The molecule has 2 aromatic carbocycles. The highest BCUT2D eigenvalue weighted by atomic mass is 16.3. The molecule has 0 spiro atoms. The van der Waals surface area contributed by atoms with Crippen molar-refractivity contribution in [3.05, 3.63) is 76.4 Å². The van der Waals surface area contributed by atoms with Crippen molar-refractivity contribution in [2.24, 2.45) is 0 Å². The van der Waals surface area contributed by atoms with Crippen molar-refractivity contribution in [3.8, 4) is 0 Å². The molecule has 2 heterocycles. The lowest BCUT2D eigenvalue weighted by atomic mass is 10.1.